The van der Waals surface area contributed by atoms with Crippen LogP contribution in [0.15, 0.2) is 0 Å². The Morgan fingerprint density at radius 3 is 2.92 bits per heavy atom. The Morgan fingerprint density at radius 2 is 2.25 bits per heavy atom. The largest absolute Gasteiger partial charge is 0.379 e. The van der Waals surface area contributed by atoms with E-state index >= 15 is 0 Å². The lowest BCUT2D eigenvalue weighted by Crippen LogP contribution is -2.02. The van der Waals surface area contributed by atoms with Crippen LogP contribution in [-0.2, 0) is 14.3 Å². The summed E-state index contributed by atoms with van der Waals surface area (Å²) in [5.74, 6) is 0. The molecule has 3 heteroatoms. The summed E-state index contributed by atoms with van der Waals surface area (Å²) in [6.07, 6.45) is 5.17. The van der Waals surface area contributed by atoms with Gasteiger partial charge in [0.1, 0.15) is 12.4 Å². The smallest absolute Gasteiger partial charge is 0.119 e. The van der Waals surface area contributed by atoms with E-state index in [0.717, 1.165) is 45.4 Å². The van der Waals surface area contributed by atoms with Gasteiger partial charge in [-0.2, -0.15) is 0 Å². The maximum atomic E-state index is 9.94. The SMILES string of the molecule is O=CCCCCCOCC1CO1. The van der Waals surface area contributed by atoms with Crippen molar-refractivity contribution in [3.05, 3.63) is 0 Å². The monoisotopic (exact) mass is 172 g/mol. The van der Waals surface area contributed by atoms with Crippen molar-refractivity contribution in [1.29, 1.82) is 0 Å². The molecular formula is C9H16O3. The molecule has 1 aliphatic rings. The van der Waals surface area contributed by atoms with Gasteiger partial charge in [-0.05, 0) is 12.8 Å². The average molecular weight is 172 g/mol. The Labute approximate surface area is 73.0 Å². The Bertz CT molecular complexity index is 121. The molecule has 0 radical (unpaired) electrons. The fraction of sp³-hybridized carbons (Fsp3) is 0.889. The van der Waals surface area contributed by atoms with E-state index in [2.05, 4.69) is 0 Å². The first-order valence-electron chi connectivity index (χ1n) is 4.56. The highest BCUT2D eigenvalue weighted by Gasteiger charge is 2.21. The lowest BCUT2D eigenvalue weighted by Gasteiger charge is -2.00. The Kier molecular flexibility index (Phi) is 4.95. The second-order valence-electron chi connectivity index (χ2n) is 3.05. The van der Waals surface area contributed by atoms with Gasteiger partial charge in [0.2, 0.25) is 0 Å². The van der Waals surface area contributed by atoms with Gasteiger partial charge in [-0.15, -0.1) is 0 Å². The zero-order chi connectivity index (χ0) is 8.65. The molecule has 0 amide bonds. The van der Waals surface area contributed by atoms with E-state index in [-0.39, 0.29) is 0 Å². The predicted octanol–water partition coefficient (Wildman–Crippen LogP) is 1.16. The van der Waals surface area contributed by atoms with Crippen molar-refractivity contribution in [2.75, 3.05) is 19.8 Å². The first-order chi connectivity index (χ1) is 5.93. The van der Waals surface area contributed by atoms with Gasteiger partial charge >= 0.3 is 0 Å². The quantitative estimate of drug-likeness (QED) is 0.313. The Morgan fingerprint density at radius 1 is 1.42 bits per heavy atom. The third-order valence-electron chi connectivity index (χ3n) is 1.82. The summed E-state index contributed by atoms with van der Waals surface area (Å²) < 4.78 is 10.3. The second-order valence-corrected chi connectivity index (χ2v) is 3.05. The molecule has 1 aliphatic heterocycles. The lowest BCUT2D eigenvalue weighted by atomic mass is 10.2. The van der Waals surface area contributed by atoms with Crippen LogP contribution in [0.1, 0.15) is 25.7 Å². The number of hydrogen-bond acceptors (Lipinski definition) is 3. The second kappa shape index (κ2) is 6.14. The van der Waals surface area contributed by atoms with E-state index < -0.39 is 0 Å². The van der Waals surface area contributed by atoms with Gasteiger partial charge in [0, 0.05) is 13.0 Å². The lowest BCUT2D eigenvalue weighted by molar-refractivity contribution is -0.107. The zero-order valence-electron chi connectivity index (χ0n) is 7.33. The summed E-state index contributed by atoms with van der Waals surface area (Å²) in [6.45, 7) is 2.41. The topological polar surface area (TPSA) is 38.8 Å². The maximum absolute atomic E-state index is 9.94. The Hall–Kier alpha value is -0.410. The van der Waals surface area contributed by atoms with E-state index in [4.69, 9.17) is 9.47 Å². The minimum Gasteiger partial charge on any atom is -0.379 e. The fourth-order valence-corrected chi connectivity index (χ4v) is 0.988. The molecule has 1 saturated heterocycles. The number of unbranched alkanes of at least 4 members (excludes halogenated alkanes) is 3. The number of carbonyl (C=O) groups excluding carboxylic acids is 1. The summed E-state index contributed by atoms with van der Waals surface area (Å²) >= 11 is 0. The highest BCUT2D eigenvalue weighted by Crippen LogP contribution is 2.08. The van der Waals surface area contributed by atoms with Crippen LogP contribution in [-0.4, -0.2) is 32.2 Å². The molecule has 12 heavy (non-hydrogen) atoms. The average Bonchev–Trinajstić information content (AvgIpc) is 2.87. The van der Waals surface area contributed by atoms with Crippen molar-refractivity contribution in [2.45, 2.75) is 31.8 Å². The molecule has 0 aromatic heterocycles. The van der Waals surface area contributed by atoms with Crippen molar-refractivity contribution < 1.29 is 14.3 Å². The molecule has 0 N–H and O–H groups in total. The number of rotatable bonds is 8. The third kappa shape index (κ3) is 5.27. The number of epoxide rings is 1. The summed E-state index contributed by atoms with van der Waals surface area (Å²) in [6, 6.07) is 0. The molecule has 1 heterocycles. The van der Waals surface area contributed by atoms with Crippen LogP contribution < -0.4 is 0 Å². The summed E-state index contributed by atoms with van der Waals surface area (Å²) in [4.78, 5) is 9.94. The predicted molar refractivity (Wildman–Crippen MR) is 45.1 cm³/mol. The van der Waals surface area contributed by atoms with Gasteiger partial charge in [-0.25, -0.2) is 0 Å². The zero-order valence-corrected chi connectivity index (χ0v) is 7.33. The highest BCUT2D eigenvalue weighted by atomic mass is 16.6. The van der Waals surface area contributed by atoms with Crippen LogP contribution in [0.2, 0.25) is 0 Å². The molecule has 1 unspecified atom stereocenters. The minimum absolute atomic E-state index is 0.375. The molecule has 3 nitrogen and oxygen atoms in total. The molecule has 1 rings (SSSR count). The van der Waals surface area contributed by atoms with Crippen molar-refractivity contribution in [2.24, 2.45) is 0 Å². The Balaban J connectivity index is 1.67. The van der Waals surface area contributed by atoms with Crippen LogP contribution in [0.25, 0.3) is 0 Å². The number of aldehydes is 1. The van der Waals surface area contributed by atoms with Gasteiger partial charge in [0.05, 0.1) is 13.2 Å². The van der Waals surface area contributed by atoms with Gasteiger partial charge < -0.3 is 14.3 Å². The van der Waals surface area contributed by atoms with Crippen molar-refractivity contribution in [1.82, 2.24) is 0 Å². The molecule has 0 aliphatic carbocycles. The van der Waals surface area contributed by atoms with Crippen LogP contribution in [0.4, 0.5) is 0 Å². The molecule has 1 atom stereocenters. The van der Waals surface area contributed by atoms with Gasteiger partial charge in [0.15, 0.2) is 0 Å². The summed E-state index contributed by atoms with van der Waals surface area (Å²) in [7, 11) is 0. The summed E-state index contributed by atoms with van der Waals surface area (Å²) in [5, 5.41) is 0. The maximum Gasteiger partial charge on any atom is 0.119 e. The van der Waals surface area contributed by atoms with Crippen LogP contribution >= 0.6 is 0 Å². The third-order valence-corrected chi connectivity index (χ3v) is 1.82. The molecule has 0 aromatic carbocycles. The molecular weight excluding hydrogens is 156 g/mol. The number of hydrogen-bond donors (Lipinski definition) is 0. The van der Waals surface area contributed by atoms with Crippen molar-refractivity contribution in [3.8, 4) is 0 Å². The number of ether oxygens (including phenoxy) is 2. The van der Waals surface area contributed by atoms with Gasteiger partial charge in [-0.1, -0.05) is 6.42 Å². The first-order valence-corrected chi connectivity index (χ1v) is 4.56. The fourth-order valence-electron chi connectivity index (χ4n) is 0.988. The van der Waals surface area contributed by atoms with E-state index in [0.29, 0.717) is 12.5 Å². The van der Waals surface area contributed by atoms with Crippen LogP contribution in [0, 0.1) is 0 Å². The van der Waals surface area contributed by atoms with Gasteiger partial charge in [-0.3, -0.25) is 0 Å². The van der Waals surface area contributed by atoms with Crippen LogP contribution in [0.3, 0.4) is 0 Å². The van der Waals surface area contributed by atoms with E-state index in [9.17, 15) is 4.79 Å². The van der Waals surface area contributed by atoms with Crippen molar-refractivity contribution >= 4 is 6.29 Å². The molecule has 0 aromatic rings. The van der Waals surface area contributed by atoms with E-state index in [1.807, 2.05) is 0 Å². The molecule has 0 saturated carbocycles. The van der Waals surface area contributed by atoms with Crippen molar-refractivity contribution in [3.63, 3.8) is 0 Å². The molecule has 0 spiro atoms. The summed E-state index contributed by atoms with van der Waals surface area (Å²) in [5.41, 5.74) is 0. The highest BCUT2D eigenvalue weighted by molar-refractivity contribution is 5.48. The van der Waals surface area contributed by atoms with Crippen LogP contribution in [0.5, 0.6) is 0 Å². The minimum atomic E-state index is 0.375. The van der Waals surface area contributed by atoms with Gasteiger partial charge in [0.25, 0.3) is 0 Å². The normalized spacial score (nSPS) is 20.8. The van der Waals surface area contributed by atoms with E-state index in [1.54, 1.807) is 0 Å². The molecule has 1 fully saturated rings. The molecule has 0 bridgehead atoms. The van der Waals surface area contributed by atoms with E-state index in [1.165, 1.54) is 0 Å². The first kappa shape index (κ1) is 9.68. The molecule has 70 valence electrons. The number of carbonyl (C=O) groups is 1. The standard InChI is InChI=1S/C9H16O3/c10-5-3-1-2-4-6-11-7-9-8-12-9/h5,9H,1-4,6-8H2.